The fourth-order valence-corrected chi connectivity index (χ4v) is 4.49. The molecule has 1 aromatic rings. The number of aromatic nitrogens is 1. The Kier molecular flexibility index (Phi) is 5.58. The van der Waals surface area contributed by atoms with E-state index in [2.05, 4.69) is 20.9 Å². The van der Waals surface area contributed by atoms with E-state index in [4.69, 9.17) is 0 Å². The minimum Gasteiger partial charge on any atom is -0.334 e. The molecule has 23 heavy (non-hydrogen) atoms. The smallest absolute Gasteiger partial charge is 0.315 e. The van der Waals surface area contributed by atoms with E-state index in [1.807, 2.05) is 13.8 Å². The molecule has 1 aliphatic heterocycles. The van der Waals surface area contributed by atoms with Crippen molar-refractivity contribution in [3.8, 4) is 0 Å². The maximum Gasteiger partial charge on any atom is 0.315 e. The van der Waals surface area contributed by atoms with Crippen molar-refractivity contribution in [1.29, 1.82) is 0 Å². The van der Waals surface area contributed by atoms with Crippen molar-refractivity contribution in [2.75, 3.05) is 16.8 Å². The second-order valence-corrected chi connectivity index (χ2v) is 8.89. The number of thiazole rings is 1. The van der Waals surface area contributed by atoms with Gasteiger partial charge in [-0.15, -0.1) is 11.3 Å². The first kappa shape index (κ1) is 17.7. The molecule has 0 spiro atoms. The zero-order valence-electron chi connectivity index (χ0n) is 12.9. The zero-order valence-corrected chi connectivity index (χ0v) is 14.5. The summed E-state index contributed by atoms with van der Waals surface area (Å²) in [6, 6.07) is -1.69. The van der Waals surface area contributed by atoms with Gasteiger partial charge >= 0.3 is 6.03 Å². The second-order valence-electron chi connectivity index (χ2n) is 5.77. The standard InChI is InChI=1S/C13H20N4O4S2/c1-8(2)10(11(18)17-13-14-4-5-22-13)16-12(19)15-9-3-6-23(20,21)7-9/h4-5,8-10H,3,6-7H2,1-2H3,(H,14,17,18)(H2,15,16,19)/t9-,10+/m1/s1. The van der Waals surface area contributed by atoms with Crippen LogP contribution in [0.15, 0.2) is 11.6 Å². The van der Waals surface area contributed by atoms with Crippen LogP contribution in [0.4, 0.5) is 9.93 Å². The van der Waals surface area contributed by atoms with Gasteiger partial charge in [-0.25, -0.2) is 18.2 Å². The van der Waals surface area contributed by atoms with Crippen LogP contribution >= 0.6 is 11.3 Å². The average Bonchev–Trinajstić information content (AvgIpc) is 3.05. The molecule has 3 amide bonds. The third-order valence-electron chi connectivity index (χ3n) is 3.47. The summed E-state index contributed by atoms with van der Waals surface area (Å²) >= 11 is 1.29. The summed E-state index contributed by atoms with van der Waals surface area (Å²) in [5.74, 6) is -0.467. The lowest BCUT2D eigenvalue weighted by molar-refractivity contribution is -0.118. The first-order chi connectivity index (χ1) is 10.8. The Morgan fingerprint density at radius 3 is 2.65 bits per heavy atom. The molecule has 1 saturated heterocycles. The number of anilines is 1. The van der Waals surface area contributed by atoms with E-state index in [1.165, 1.54) is 11.3 Å². The fourth-order valence-electron chi connectivity index (χ4n) is 2.28. The lowest BCUT2D eigenvalue weighted by atomic mass is 10.0. The van der Waals surface area contributed by atoms with Gasteiger partial charge in [0.1, 0.15) is 6.04 Å². The van der Waals surface area contributed by atoms with Crippen LogP contribution in [0.1, 0.15) is 20.3 Å². The van der Waals surface area contributed by atoms with Gasteiger partial charge in [-0.3, -0.25) is 4.79 Å². The molecule has 2 atom stereocenters. The number of nitrogens with one attached hydrogen (secondary N) is 3. The monoisotopic (exact) mass is 360 g/mol. The number of nitrogens with zero attached hydrogens (tertiary/aromatic N) is 1. The third kappa shape index (κ3) is 5.17. The number of sulfone groups is 1. The van der Waals surface area contributed by atoms with Crippen LogP contribution in [0.25, 0.3) is 0 Å². The Hall–Kier alpha value is -1.68. The summed E-state index contributed by atoms with van der Waals surface area (Å²) in [5.41, 5.74) is 0. The molecule has 1 aliphatic rings. The fraction of sp³-hybridized carbons (Fsp3) is 0.615. The second kappa shape index (κ2) is 7.26. The van der Waals surface area contributed by atoms with E-state index >= 15 is 0 Å². The van der Waals surface area contributed by atoms with Gasteiger partial charge in [-0.05, 0) is 12.3 Å². The molecule has 2 rings (SSSR count). The number of hydrogen-bond acceptors (Lipinski definition) is 6. The molecule has 0 unspecified atom stereocenters. The first-order valence-corrected chi connectivity index (χ1v) is 9.95. The van der Waals surface area contributed by atoms with Crippen molar-refractivity contribution in [2.45, 2.75) is 32.4 Å². The Morgan fingerprint density at radius 1 is 1.39 bits per heavy atom. The summed E-state index contributed by atoms with van der Waals surface area (Å²) < 4.78 is 22.8. The van der Waals surface area contributed by atoms with Crippen molar-refractivity contribution in [3.05, 3.63) is 11.6 Å². The van der Waals surface area contributed by atoms with Gasteiger partial charge in [-0.1, -0.05) is 13.8 Å². The molecular formula is C13H20N4O4S2. The topological polar surface area (TPSA) is 117 Å². The maximum absolute atomic E-state index is 12.2. The minimum absolute atomic E-state index is 0.0575. The molecule has 0 saturated carbocycles. The Labute approximate surface area is 139 Å². The van der Waals surface area contributed by atoms with Gasteiger partial charge < -0.3 is 16.0 Å². The quantitative estimate of drug-likeness (QED) is 0.710. The van der Waals surface area contributed by atoms with Crippen LogP contribution in [0.5, 0.6) is 0 Å². The molecule has 0 radical (unpaired) electrons. The highest BCUT2D eigenvalue weighted by molar-refractivity contribution is 7.91. The molecule has 1 aromatic heterocycles. The van der Waals surface area contributed by atoms with Gasteiger partial charge in [0.15, 0.2) is 15.0 Å². The van der Waals surface area contributed by atoms with E-state index in [1.54, 1.807) is 11.6 Å². The van der Waals surface area contributed by atoms with E-state index in [0.29, 0.717) is 11.6 Å². The normalized spacial score (nSPS) is 20.9. The largest absolute Gasteiger partial charge is 0.334 e. The highest BCUT2D eigenvalue weighted by Gasteiger charge is 2.30. The number of carbonyl (C=O) groups is 2. The average molecular weight is 360 g/mol. The van der Waals surface area contributed by atoms with Crippen LogP contribution < -0.4 is 16.0 Å². The van der Waals surface area contributed by atoms with Crippen LogP contribution in [0.3, 0.4) is 0 Å². The van der Waals surface area contributed by atoms with Crippen LogP contribution in [0.2, 0.25) is 0 Å². The van der Waals surface area contributed by atoms with Crippen molar-refractivity contribution in [1.82, 2.24) is 15.6 Å². The van der Waals surface area contributed by atoms with Crippen molar-refractivity contribution >= 4 is 38.2 Å². The predicted molar refractivity (Wildman–Crippen MR) is 88.1 cm³/mol. The number of carbonyl (C=O) groups excluding carboxylic acids is 2. The molecule has 3 N–H and O–H groups in total. The first-order valence-electron chi connectivity index (χ1n) is 7.24. The van der Waals surface area contributed by atoms with Crippen LogP contribution in [0, 0.1) is 5.92 Å². The Balaban J connectivity index is 1.91. The van der Waals surface area contributed by atoms with E-state index in [0.717, 1.165) is 0 Å². The lowest BCUT2D eigenvalue weighted by Gasteiger charge is -2.22. The summed E-state index contributed by atoms with van der Waals surface area (Å²) in [6.07, 6.45) is 1.97. The number of hydrogen-bond donors (Lipinski definition) is 3. The summed E-state index contributed by atoms with van der Waals surface area (Å²) in [5, 5.41) is 10.1. The zero-order chi connectivity index (χ0) is 17.0. The molecule has 0 aromatic carbocycles. The molecular weight excluding hydrogens is 340 g/mol. The number of amides is 3. The molecule has 8 nitrogen and oxygen atoms in total. The van der Waals surface area contributed by atoms with E-state index < -0.39 is 28.0 Å². The minimum atomic E-state index is -3.07. The molecule has 10 heteroatoms. The van der Waals surface area contributed by atoms with E-state index in [-0.39, 0.29) is 23.3 Å². The molecule has 1 fully saturated rings. The highest BCUT2D eigenvalue weighted by atomic mass is 32.2. The van der Waals surface area contributed by atoms with Crippen molar-refractivity contribution in [3.63, 3.8) is 0 Å². The number of urea groups is 1. The van der Waals surface area contributed by atoms with E-state index in [9.17, 15) is 18.0 Å². The summed E-state index contributed by atoms with van der Waals surface area (Å²) in [6.45, 7) is 3.62. The molecule has 2 heterocycles. The maximum atomic E-state index is 12.2. The molecule has 128 valence electrons. The molecule has 0 bridgehead atoms. The Morgan fingerprint density at radius 2 is 2.13 bits per heavy atom. The van der Waals surface area contributed by atoms with Crippen molar-refractivity contribution < 1.29 is 18.0 Å². The van der Waals surface area contributed by atoms with Crippen LogP contribution in [-0.2, 0) is 14.6 Å². The van der Waals surface area contributed by atoms with Gasteiger partial charge in [0, 0.05) is 17.6 Å². The summed E-state index contributed by atoms with van der Waals surface area (Å²) in [7, 11) is -3.07. The predicted octanol–water partition coefficient (Wildman–Crippen LogP) is 0.592. The van der Waals surface area contributed by atoms with Gasteiger partial charge in [0.2, 0.25) is 5.91 Å². The summed E-state index contributed by atoms with van der Waals surface area (Å²) in [4.78, 5) is 28.2. The number of rotatable bonds is 5. The SMILES string of the molecule is CC(C)[C@H](NC(=O)N[C@@H]1CCS(=O)(=O)C1)C(=O)Nc1nccs1. The third-order valence-corrected chi connectivity index (χ3v) is 5.92. The van der Waals surface area contributed by atoms with Gasteiger partial charge in [-0.2, -0.15) is 0 Å². The lowest BCUT2D eigenvalue weighted by Crippen LogP contribution is -2.52. The van der Waals surface area contributed by atoms with Gasteiger partial charge in [0.05, 0.1) is 11.5 Å². The van der Waals surface area contributed by atoms with Gasteiger partial charge in [0.25, 0.3) is 0 Å². The highest BCUT2D eigenvalue weighted by Crippen LogP contribution is 2.13. The molecule has 0 aliphatic carbocycles. The van der Waals surface area contributed by atoms with Crippen molar-refractivity contribution in [2.24, 2.45) is 5.92 Å². The van der Waals surface area contributed by atoms with Crippen LogP contribution in [-0.4, -0.2) is 48.9 Å². The Bertz CT molecular complexity index is 658.